The highest BCUT2D eigenvalue weighted by Gasteiger charge is 2.22. The Balaban J connectivity index is 0.00000261. The summed E-state index contributed by atoms with van der Waals surface area (Å²) in [5.41, 5.74) is 2.53. The zero-order valence-corrected chi connectivity index (χ0v) is 16.2. The van der Waals surface area contributed by atoms with Gasteiger partial charge in [-0.2, -0.15) is 5.10 Å². The van der Waals surface area contributed by atoms with E-state index in [1.54, 1.807) is 30.7 Å². The summed E-state index contributed by atoms with van der Waals surface area (Å²) in [5.74, 6) is -0.0768. The molecule has 1 saturated heterocycles. The minimum Gasteiger partial charge on any atom is -0.348 e. The van der Waals surface area contributed by atoms with Gasteiger partial charge in [0.1, 0.15) is 11.4 Å². The van der Waals surface area contributed by atoms with Crippen molar-refractivity contribution >= 4 is 24.0 Å². The number of carbonyl (C=O) groups is 1. The van der Waals surface area contributed by atoms with Gasteiger partial charge >= 0.3 is 5.69 Å². The number of aromatic nitrogens is 2. The first-order valence-corrected chi connectivity index (χ1v) is 8.74. The van der Waals surface area contributed by atoms with Crippen molar-refractivity contribution in [3.05, 3.63) is 56.9 Å². The highest BCUT2D eigenvalue weighted by molar-refractivity contribution is 5.94. The SMILES string of the molecule is Cc1nn(Cc2ccc(C(=O)N[C@H]3CCCNC3)cc2)c(C)c1[N+](=O)[O-].Cl. The summed E-state index contributed by atoms with van der Waals surface area (Å²) in [6.45, 7) is 5.56. The largest absolute Gasteiger partial charge is 0.348 e. The van der Waals surface area contributed by atoms with Gasteiger partial charge in [-0.05, 0) is 50.9 Å². The molecule has 0 saturated carbocycles. The van der Waals surface area contributed by atoms with Crippen LogP contribution >= 0.6 is 12.4 Å². The van der Waals surface area contributed by atoms with Crippen LogP contribution in [0.5, 0.6) is 0 Å². The summed E-state index contributed by atoms with van der Waals surface area (Å²) in [6, 6.07) is 7.44. The second-order valence-electron chi connectivity index (χ2n) is 6.65. The van der Waals surface area contributed by atoms with Crippen LogP contribution in [0, 0.1) is 24.0 Å². The lowest BCUT2D eigenvalue weighted by molar-refractivity contribution is -0.386. The Hall–Kier alpha value is -2.45. The summed E-state index contributed by atoms with van der Waals surface area (Å²) in [4.78, 5) is 23.0. The molecule has 1 aliphatic rings. The number of benzene rings is 1. The van der Waals surface area contributed by atoms with Gasteiger partial charge in [-0.25, -0.2) is 0 Å². The molecule has 1 aliphatic heterocycles. The Kier molecular flexibility index (Phi) is 6.92. The molecule has 1 aromatic carbocycles. The van der Waals surface area contributed by atoms with Gasteiger partial charge in [0.25, 0.3) is 5.91 Å². The molecule has 1 amide bonds. The highest BCUT2D eigenvalue weighted by atomic mass is 35.5. The van der Waals surface area contributed by atoms with E-state index in [0.717, 1.165) is 31.5 Å². The fourth-order valence-corrected chi connectivity index (χ4v) is 3.28. The summed E-state index contributed by atoms with van der Waals surface area (Å²) < 4.78 is 1.62. The molecule has 2 N–H and O–H groups in total. The summed E-state index contributed by atoms with van der Waals surface area (Å²) in [5, 5.41) is 21.7. The van der Waals surface area contributed by atoms with Crippen molar-refractivity contribution in [2.75, 3.05) is 13.1 Å². The molecule has 146 valence electrons. The van der Waals surface area contributed by atoms with Crippen molar-refractivity contribution < 1.29 is 9.72 Å². The molecule has 9 heteroatoms. The zero-order valence-electron chi connectivity index (χ0n) is 15.4. The minimum absolute atomic E-state index is 0. The highest BCUT2D eigenvalue weighted by Crippen LogP contribution is 2.22. The third-order valence-electron chi connectivity index (χ3n) is 4.71. The summed E-state index contributed by atoms with van der Waals surface area (Å²) in [6.07, 6.45) is 2.06. The number of hydrogen-bond acceptors (Lipinski definition) is 5. The topological polar surface area (TPSA) is 102 Å². The van der Waals surface area contributed by atoms with Gasteiger partial charge in [0.15, 0.2) is 0 Å². The fraction of sp³-hybridized carbons (Fsp3) is 0.444. The summed E-state index contributed by atoms with van der Waals surface area (Å²) in [7, 11) is 0. The number of hydrogen-bond donors (Lipinski definition) is 2. The van der Waals surface area contributed by atoms with Crippen molar-refractivity contribution in [1.29, 1.82) is 0 Å². The van der Waals surface area contributed by atoms with Crippen LogP contribution in [0.3, 0.4) is 0 Å². The van der Waals surface area contributed by atoms with Crippen LogP contribution in [0.15, 0.2) is 24.3 Å². The molecule has 0 aliphatic carbocycles. The number of amides is 1. The van der Waals surface area contributed by atoms with E-state index >= 15 is 0 Å². The average molecular weight is 394 g/mol. The Labute approximate surface area is 163 Å². The molecule has 0 bridgehead atoms. The van der Waals surface area contributed by atoms with Crippen molar-refractivity contribution in [3.8, 4) is 0 Å². The van der Waals surface area contributed by atoms with E-state index in [1.165, 1.54) is 0 Å². The van der Waals surface area contributed by atoms with Gasteiger partial charge in [0, 0.05) is 18.2 Å². The molecule has 0 spiro atoms. The van der Waals surface area contributed by atoms with Crippen molar-refractivity contribution in [1.82, 2.24) is 20.4 Å². The second-order valence-corrected chi connectivity index (χ2v) is 6.65. The number of carbonyl (C=O) groups excluding carboxylic acids is 1. The maximum Gasteiger partial charge on any atom is 0.312 e. The Morgan fingerprint density at radius 3 is 2.63 bits per heavy atom. The number of nitro groups is 1. The number of nitrogens with zero attached hydrogens (tertiary/aromatic N) is 3. The second kappa shape index (κ2) is 8.96. The van der Waals surface area contributed by atoms with Crippen LogP contribution in [0.4, 0.5) is 5.69 Å². The van der Waals surface area contributed by atoms with Crippen LogP contribution in [0.1, 0.15) is 40.2 Å². The Morgan fingerprint density at radius 2 is 2.07 bits per heavy atom. The summed E-state index contributed by atoms with van der Waals surface area (Å²) >= 11 is 0. The molecule has 1 atom stereocenters. The smallest absolute Gasteiger partial charge is 0.312 e. The predicted octanol–water partition coefficient (Wildman–Crippen LogP) is 2.36. The quantitative estimate of drug-likeness (QED) is 0.599. The normalized spacial score (nSPS) is 16.4. The Bertz CT molecular complexity index is 813. The molecule has 1 fully saturated rings. The van der Waals surface area contributed by atoms with E-state index in [-0.39, 0.29) is 30.0 Å². The lowest BCUT2D eigenvalue weighted by Gasteiger charge is -2.23. The van der Waals surface area contributed by atoms with Crippen LogP contribution in [0.2, 0.25) is 0 Å². The van der Waals surface area contributed by atoms with Crippen molar-refractivity contribution in [3.63, 3.8) is 0 Å². The molecular formula is C18H24ClN5O3. The van der Waals surface area contributed by atoms with E-state index < -0.39 is 4.92 Å². The number of halogens is 1. The first-order chi connectivity index (χ1) is 12.5. The lowest BCUT2D eigenvalue weighted by Crippen LogP contribution is -2.45. The number of aryl methyl sites for hydroxylation is 1. The fourth-order valence-electron chi connectivity index (χ4n) is 3.28. The maximum absolute atomic E-state index is 12.3. The molecule has 2 heterocycles. The first kappa shape index (κ1) is 20.9. The van der Waals surface area contributed by atoms with Gasteiger partial charge < -0.3 is 10.6 Å². The number of nitrogens with one attached hydrogen (secondary N) is 2. The van der Waals surface area contributed by atoms with Gasteiger partial charge in [0.2, 0.25) is 0 Å². The molecule has 1 aromatic heterocycles. The molecule has 3 rings (SSSR count). The van der Waals surface area contributed by atoms with Crippen molar-refractivity contribution in [2.45, 2.75) is 39.3 Å². The maximum atomic E-state index is 12.3. The molecular weight excluding hydrogens is 370 g/mol. The third kappa shape index (κ3) is 4.84. The van der Waals surface area contributed by atoms with Gasteiger partial charge in [-0.1, -0.05) is 12.1 Å². The van der Waals surface area contributed by atoms with Crippen LogP contribution in [-0.2, 0) is 6.54 Å². The monoisotopic (exact) mass is 393 g/mol. The zero-order chi connectivity index (χ0) is 18.7. The minimum atomic E-state index is -0.401. The molecule has 27 heavy (non-hydrogen) atoms. The molecule has 8 nitrogen and oxygen atoms in total. The van der Waals surface area contributed by atoms with Crippen molar-refractivity contribution in [2.24, 2.45) is 0 Å². The van der Waals surface area contributed by atoms with E-state index in [2.05, 4.69) is 15.7 Å². The van der Waals surface area contributed by atoms with Gasteiger partial charge in [0.05, 0.1) is 11.5 Å². The average Bonchev–Trinajstić information content (AvgIpc) is 2.90. The van der Waals surface area contributed by atoms with E-state index in [1.807, 2.05) is 12.1 Å². The van der Waals surface area contributed by atoms with E-state index in [9.17, 15) is 14.9 Å². The van der Waals surface area contributed by atoms with E-state index in [4.69, 9.17) is 0 Å². The van der Waals surface area contributed by atoms with Gasteiger partial charge in [-0.3, -0.25) is 19.6 Å². The van der Waals surface area contributed by atoms with E-state index in [0.29, 0.717) is 23.5 Å². The van der Waals surface area contributed by atoms with Gasteiger partial charge in [-0.15, -0.1) is 12.4 Å². The predicted molar refractivity (Wildman–Crippen MR) is 105 cm³/mol. The lowest BCUT2D eigenvalue weighted by atomic mass is 10.1. The van der Waals surface area contributed by atoms with Crippen LogP contribution in [-0.4, -0.2) is 39.7 Å². The van der Waals surface area contributed by atoms with Crippen LogP contribution < -0.4 is 10.6 Å². The van der Waals surface area contributed by atoms with Crippen LogP contribution in [0.25, 0.3) is 0 Å². The molecule has 0 radical (unpaired) electrons. The third-order valence-corrected chi connectivity index (χ3v) is 4.71. The molecule has 0 unspecified atom stereocenters. The first-order valence-electron chi connectivity index (χ1n) is 8.74. The molecule has 2 aromatic rings. The standard InChI is InChI=1S/C18H23N5O3.ClH/c1-12-17(23(25)26)13(2)22(21-12)11-14-5-7-15(8-6-14)18(24)20-16-4-3-9-19-10-16;/h5-8,16,19H,3-4,9-11H2,1-2H3,(H,20,24);1H/t16-;/m0./s1. The number of piperidine rings is 1. The Morgan fingerprint density at radius 1 is 1.37 bits per heavy atom. The number of rotatable bonds is 5.